The van der Waals surface area contributed by atoms with Crippen molar-refractivity contribution < 1.29 is 19.0 Å². The Balaban J connectivity index is 1.88. The molecule has 11 nitrogen and oxygen atoms in total. The van der Waals surface area contributed by atoms with Crippen molar-refractivity contribution in [3.05, 3.63) is 40.9 Å². The fourth-order valence-electron chi connectivity index (χ4n) is 3.67. The maximum absolute atomic E-state index is 13.5. The highest BCUT2D eigenvalue weighted by Gasteiger charge is 2.18. The van der Waals surface area contributed by atoms with E-state index in [1.807, 2.05) is 26.0 Å². The van der Waals surface area contributed by atoms with E-state index in [0.29, 0.717) is 56.6 Å². The normalized spacial score (nSPS) is 11.0. The van der Waals surface area contributed by atoms with Gasteiger partial charge in [-0.25, -0.2) is 15.0 Å². The summed E-state index contributed by atoms with van der Waals surface area (Å²) in [7, 11) is 3.23. The first kappa shape index (κ1) is 28.0. The van der Waals surface area contributed by atoms with Crippen LogP contribution in [0.2, 0.25) is 0 Å². The van der Waals surface area contributed by atoms with Gasteiger partial charge in [-0.1, -0.05) is 13.8 Å². The molecule has 1 N–H and O–H groups in total. The molecular formula is C26H36N6O5. The lowest BCUT2D eigenvalue weighted by molar-refractivity contribution is -0.120. The van der Waals surface area contributed by atoms with E-state index in [0.717, 1.165) is 24.0 Å². The molecular weight excluding hydrogens is 476 g/mol. The maximum atomic E-state index is 13.5. The van der Waals surface area contributed by atoms with E-state index in [9.17, 15) is 9.59 Å². The summed E-state index contributed by atoms with van der Waals surface area (Å²) in [6.07, 6.45) is 5.19. The van der Waals surface area contributed by atoms with Crippen LogP contribution in [-0.4, -0.2) is 79.1 Å². The minimum Gasteiger partial charge on any atom is -0.481 e. The third kappa shape index (κ3) is 7.70. The molecule has 3 rings (SSSR count). The molecule has 0 spiro atoms. The van der Waals surface area contributed by atoms with Crippen LogP contribution in [0.5, 0.6) is 5.88 Å². The summed E-state index contributed by atoms with van der Waals surface area (Å²) in [5.74, 6) is 0.429. The van der Waals surface area contributed by atoms with Gasteiger partial charge in [0, 0.05) is 62.9 Å². The minimum absolute atomic E-state index is 0.0243. The van der Waals surface area contributed by atoms with Crippen molar-refractivity contribution >= 4 is 22.9 Å². The molecule has 0 radical (unpaired) electrons. The second-order valence-corrected chi connectivity index (χ2v) is 8.48. The van der Waals surface area contributed by atoms with Crippen molar-refractivity contribution in [2.75, 3.05) is 58.6 Å². The van der Waals surface area contributed by atoms with Crippen LogP contribution < -0.4 is 20.5 Å². The predicted octanol–water partition coefficient (Wildman–Crippen LogP) is 2.27. The first-order chi connectivity index (χ1) is 18.0. The molecule has 0 fully saturated rings. The second-order valence-electron chi connectivity index (χ2n) is 8.48. The number of nitrogens with zero attached hydrogens (tertiary/aromatic N) is 5. The van der Waals surface area contributed by atoms with Gasteiger partial charge in [0.2, 0.25) is 11.8 Å². The predicted molar refractivity (Wildman–Crippen MR) is 142 cm³/mol. The van der Waals surface area contributed by atoms with E-state index < -0.39 is 0 Å². The van der Waals surface area contributed by atoms with E-state index in [-0.39, 0.29) is 23.8 Å². The first-order valence-electron chi connectivity index (χ1n) is 12.5. The van der Waals surface area contributed by atoms with Crippen molar-refractivity contribution in [3.8, 4) is 17.0 Å². The smallest absolute Gasteiger partial charge is 0.294 e. The van der Waals surface area contributed by atoms with Crippen LogP contribution in [-0.2, 0) is 20.8 Å². The number of methoxy groups -OCH3 is 1. The summed E-state index contributed by atoms with van der Waals surface area (Å²) in [5, 5.41) is 2.80. The molecule has 11 heteroatoms. The zero-order valence-corrected chi connectivity index (χ0v) is 22.0. The molecule has 3 aromatic rings. The molecule has 200 valence electrons. The first-order valence-corrected chi connectivity index (χ1v) is 12.5. The summed E-state index contributed by atoms with van der Waals surface area (Å²) < 4.78 is 17.8. The number of rotatable bonds is 15. The molecule has 0 aliphatic rings. The fourth-order valence-corrected chi connectivity index (χ4v) is 3.67. The monoisotopic (exact) mass is 512 g/mol. The van der Waals surface area contributed by atoms with Gasteiger partial charge >= 0.3 is 0 Å². The van der Waals surface area contributed by atoms with Crippen LogP contribution in [0, 0.1) is 0 Å². The number of carbonyl (C=O) groups excluding carboxylic acids is 1. The largest absolute Gasteiger partial charge is 0.481 e. The van der Waals surface area contributed by atoms with Crippen LogP contribution in [0.4, 0.5) is 5.82 Å². The molecule has 0 atom stereocenters. The average molecular weight is 513 g/mol. The third-order valence-electron chi connectivity index (χ3n) is 5.53. The Labute approximate surface area is 216 Å². The molecule has 3 heterocycles. The molecule has 0 aliphatic heterocycles. The van der Waals surface area contributed by atoms with E-state index in [2.05, 4.69) is 20.3 Å². The van der Waals surface area contributed by atoms with Crippen LogP contribution in [0.3, 0.4) is 0 Å². The number of likely N-dealkylation sites (N-methyl/N-ethyl adjacent to an activating group) is 1. The third-order valence-corrected chi connectivity index (χ3v) is 5.53. The lowest BCUT2D eigenvalue weighted by Gasteiger charge is -2.20. The van der Waals surface area contributed by atoms with Crippen molar-refractivity contribution in [1.82, 2.24) is 24.8 Å². The highest BCUT2D eigenvalue weighted by atomic mass is 16.5. The molecule has 0 unspecified atom stereocenters. The Morgan fingerprint density at radius 3 is 2.43 bits per heavy atom. The number of pyridine rings is 2. The fraction of sp³-hybridized carbons (Fsp3) is 0.500. The molecule has 37 heavy (non-hydrogen) atoms. The molecule has 3 aromatic heterocycles. The highest BCUT2D eigenvalue weighted by molar-refractivity contribution is 5.82. The lowest BCUT2D eigenvalue weighted by atomic mass is 10.1. The Morgan fingerprint density at radius 1 is 1.03 bits per heavy atom. The maximum Gasteiger partial charge on any atom is 0.294 e. The summed E-state index contributed by atoms with van der Waals surface area (Å²) in [4.78, 5) is 40.8. The number of fused-ring (bicyclic) bond motifs is 1. The van der Waals surface area contributed by atoms with Gasteiger partial charge < -0.3 is 24.4 Å². The highest BCUT2D eigenvalue weighted by Crippen LogP contribution is 2.23. The molecule has 0 aromatic carbocycles. The second kappa shape index (κ2) is 14.2. The van der Waals surface area contributed by atoms with E-state index in [1.165, 1.54) is 4.90 Å². The number of carbonyl (C=O) groups is 1. The van der Waals surface area contributed by atoms with E-state index >= 15 is 0 Å². The summed E-state index contributed by atoms with van der Waals surface area (Å²) in [5.41, 5.74) is 2.28. The number of anilines is 1. The lowest BCUT2D eigenvalue weighted by Crippen LogP contribution is -2.40. The van der Waals surface area contributed by atoms with Crippen molar-refractivity contribution in [1.29, 1.82) is 0 Å². The number of ether oxygens (including phenoxy) is 3. The Hall–Kier alpha value is -3.57. The van der Waals surface area contributed by atoms with Gasteiger partial charge in [-0.2, -0.15) is 0 Å². The van der Waals surface area contributed by atoms with Gasteiger partial charge in [0.1, 0.15) is 0 Å². The molecule has 0 saturated heterocycles. The summed E-state index contributed by atoms with van der Waals surface area (Å²) >= 11 is 0. The zero-order chi connectivity index (χ0) is 26.6. The van der Waals surface area contributed by atoms with Crippen molar-refractivity contribution in [2.24, 2.45) is 0 Å². The Kier molecular flexibility index (Phi) is 10.8. The standard InChI is InChI=1S/C26H36N6O5/c1-5-11-36-13-9-27-22(33)18-31(3)25-26(34)32(10-14-37-12-6-2)21-15-20(17-29-24(21)30-25)19-7-8-23(35-4)28-16-19/h7-8,15-17H,5-6,9-14,18H2,1-4H3,(H,27,33). The van der Waals surface area contributed by atoms with E-state index in [4.69, 9.17) is 14.2 Å². The average Bonchev–Trinajstić information content (AvgIpc) is 2.91. The topological polar surface area (TPSA) is 121 Å². The zero-order valence-electron chi connectivity index (χ0n) is 22.0. The molecule has 0 saturated carbocycles. The number of nitrogens with one attached hydrogen (secondary N) is 1. The van der Waals surface area contributed by atoms with Crippen LogP contribution in [0.25, 0.3) is 22.3 Å². The number of hydrogen-bond acceptors (Lipinski definition) is 9. The van der Waals surface area contributed by atoms with E-state index in [1.54, 1.807) is 37.2 Å². The van der Waals surface area contributed by atoms with Gasteiger partial charge in [-0.3, -0.25) is 14.2 Å². The number of hydrogen-bond donors (Lipinski definition) is 1. The Morgan fingerprint density at radius 2 is 1.76 bits per heavy atom. The minimum atomic E-state index is -0.319. The van der Waals surface area contributed by atoms with Gasteiger partial charge in [-0.05, 0) is 25.0 Å². The summed E-state index contributed by atoms with van der Waals surface area (Å²) in [6, 6.07) is 5.51. The molecule has 0 aliphatic carbocycles. The Bertz CT molecular complexity index is 1210. The van der Waals surface area contributed by atoms with Crippen molar-refractivity contribution in [2.45, 2.75) is 33.2 Å². The number of amides is 1. The SMILES string of the molecule is CCCOCCNC(=O)CN(C)c1nc2ncc(-c3ccc(OC)nc3)cc2n(CCOCCC)c1=O. The van der Waals surface area contributed by atoms with Crippen LogP contribution in [0.1, 0.15) is 26.7 Å². The van der Waals surface area contributed by atoms with Gasteiger partial charge in [0.05, 0.1) is 32.4 Å². The summed E-state index contributed by atoms with van der Waals surface area (Å²) in [6.45, 7) is 6.83. The van der Waals surface area contributed by atoms with Crippen molar-refractivity contribution in [3.63, 3.8) is 0 Å². The molecule has 0 bridgehead atoms. The van der Waals surface area contributed by atoms with Crippen LogP contribution >= 0.6 is 0 Å². The van der Waals surface area contributed by atoms with Crippen LogP contribution in [0.15, 0.2) is 35.4 Å². The van der Waals surface area contributed by atoms with Gasteiger partial charge in [0.15, 0.2) is 11.5 Å². The van der Waals surface area contributed by atoms with Gasteiger partial charge in [0.25, 0.3) is 5.56 Å². The van der Waals surface area contributed by atoms with Gasteiger partial charge in [-0.15, -0.1) is 0 Å². The molecule has 1 amide bonds. The quantitative estimate of drug-likeness (QED) is 0.306. The number of aromatic nitrogens is 4.